The summed E-state index contributed by atoms with van der Waals surface area (Å²) in [5.41, 5.74) is 6.39. The zero-order chi connectivity index (χ0) is 19.8. The van der Waals surface area contributed by atoms with Gasteiger partial charge < -0.3 is 9.64 Å². The number of benzene rings is 3. The van der Waals surface area contributed by atoms with Crippen molar-refractivity contribution in [2.45, 2.75) is 13.3 Å². The van der Waals surface area contributed by atoms with Crippen LogP contribution in [0, 0.1) is 0 Å². The van der Waals surface area contributed by atoms with Gasteiger partial charge >= 0.3 is 0 Å². The molecular weight excluding hydrogens is 342 g/mol. The lowest BCUT2D eigenvalue weighted by Gasteiger charge is -2.17. The van der Waals surface area contributed by atoms with Crippen LogP contribution in [0.3, 0.4) is 0 Å². The third kappa shape index (κ3) is 5.11. The minimum absolute atomic E-state index is 0.729. The largest absolute Gasteiger partial charge is 0.488 e. The molecule has 28 heavy (non-hydrogen) atoms. The van der Waals surface area contributed by atoms with E-state index < -0.39 is 0 Å². The van der Waals surface area contributed by atoms with Crippen molar-refractivity contribution < 1.29 is 9.64 Å². The van der Waals surface area contributed by atoms with E-state index in [2.05, 4.69) is 106 Å². The molecular formula is C26H30NO+. The molecule has 0 unspecified atom stereocenters. The maximum Gasteiger partial charge on any atom is 0.137 e. The van der Waals surface area contributed by atoms with Gasteiger partial charge in [-0.15, -0.1) is 0 Å². The van der Waals surface area contributed by atoms with E-state index in [9.17, 15) is 0 Å². The molecule has 0 saturated heterocycles. The number of allylic oxidation sites excluding steroid dienone is 1. The summed E-state index contributed by atoms with van der Waals surface area (Å²) in [6.45, 7) is 3.95. The van der Waals surface area contributed by atoms with Crippen molar-refractivity contribution >= 4 is 11.1 Å². The zero-order valence-electron chi connectivity index (χ0n) is 17.1. The van der Waals surface area contributed by atoms with Crippen LogP contribution in [-0.2, 0) is 0 Å². The summed E-state index contributed by atoms with van der Waals surface area (Å²) in [4.78, 5) is 1.39. The second kappa shape index (κ2) is 9.91. The molecule has 3 rings (SSSR count). The lowest BCUT2D eigenvalue weighted by molar-refractivity contribution is -0.858. The van der Waals surface area contributed by atoms with Crippen LogP contribution in [0.1, 0.15) is 30.0 Å². The van der Waals surface area contributed by atoms with E-state index in [1.54, 1.807) is 0 Å². The molecule has 0 heterocycles. The summed E-state index contributed by atoms with van der Waals surface area (Å²) in [7, 11) is 4.28. The van der Waals surface area contributed by atoms with Crippen molar-refractivity contribution in [2.24, 2.45) is 0 Å². The van der Waals surface area contributed by atoms with Crippen molar-refractivity contribution in [1.29, 1.82) is 0 Å². The van der Waals surface area contributed by atoms with Gasteiger partial charge in [0.15, 0.2) is 0 Å². The third-order valence-corrected chi connectivity index (χ3v) is 4.85. The summed E-state index contributed by atoms with van der Waals surface area (Å²) in [6, 6.07) is 29.9. The fourth-order valence-electron chi connectivity index (χ4n) is 3.38. The molecule has 1 N–H and O–H groups in total. The number of ether oxygens (including phenoxy) is 1. The van der Waals surface area contributed by atoms with Gasteiger partial charge in [0.05, 0.1) is 14.1 Å². The molecule has 144 valence electrons. The Labute approximate surface area is 169 Å². The predicted molar refractivity (Wildman–Crippen MR) is 119 cm³/mol. The minimum Gasteiger partial charge on any atom is -0.488 e. The Bertz CT molecular complexity index is 881. The highest BCUT2D eigenvalue weighted by Gasteiger charge is 2.13. The summed E-state index contributed by atoms with van der Waals surface area (Å²) in [5.74, 6) is 0.926. The molecule has 0 radical (unpaired) electrons. The fraction of sp³-hybridized carbons (Fsp3) is 0.231. The Balaban J connectivity index is 2.00. The second-order valence-corrected chi connectivity index (χ2v) is 7.27. The lowest BCUT2D eigenvalue weighted by Crippen LogP contribution is -3.06. The molecule has 0 aliphatic carbocycles. The Hall–Kier alpha value is -2.84. The van der Waals surface area contributed by atoms with Crippen LogP contribution in [0.2, 0.25) is 0 Å². The van der Waals surface area contributed by atoms with Crippen LogP contribution in [-0.4, -0.2) is 27.2 Å². The molecule has 3 aromatic carbocycles. The smallest absolute Gasteiger partial charge is 0.137 e. The van der Waals surface area contributed by atoms with Gasteiger partial charge in [-0.2, -0.15) is 0 Å². The van der Waals surface area contributed by atoms with Gasteiger partial charge in [-0.05, 0) is 46.4 Å². The second-order valence-electron chi connectivity index (χ2n) is 7.27. The van der Waals surface area contributed by atoms with Crippen LogP contribution < -0.4 is 9.64 Å². The molecule has 0 amide bonds. The maximum absolute atomic E-state index is 5.89. The first-order chi connectivity index (χ1) is 13.7. The first-order valence-corrected chi connectivity index (χ1v) is 10.0. The molecule has 0 spiro atoms. The van der Waals surface area contributed by atoms with Crippen molar-refractivity contribution in [3.8, 4) is 5.75 Å². The number of likely N-dealkylation sites (N-methyl/N-ethyl adjacent to an activating group) is 1. The normalized spacial score (nSPS) is 12.0. The number of nitrogens with one attached hydrogen (secondary N) is 1. The highest BCUT2D eigenvalue weighted by Crippen LogP contribution is 2.34. The lowest BCUT2D eigenvalue weighted by atomic mass is 9.88. The predicted octanol–water partition coefficient (Wildman–Crippen LogP) is 4.58. The third-order valence-electron chi connectivity index (χ3n) is 4.85. The Morgan fingerprint density at radius 1 is 0.714 bits per heavy atom. The van der Waals surface area contributed by atoms with E-state index in [0.29, 0.717) is 0 Å². The Morgan fingerprint density at radius 3 is 1.79 bits per heavy atom. The quantitative estimate of drug-likeness (QED) is 0.572. The summed E-state index contributed by atoms with van der Waals surface area (Å²) in [5, 5.41) is 0. The average molecular weight is 373 g/mol. The Kier molecular flexibility index (Phi) is 7.05. The van der Waals surface area contributed by atoms with E-state index in [-0.39, 0.29) is 0 Å². The molecule has 0 aliphatic rings. The molecule has 0 atom stereocenters. The number of quaternary nitrogens is 1. The van der Waals surface area contributed by atoms with Crippen LogP contribution in [0.25, 0.3) is 11.1 Å². The summed E-state index contributed by atoms with van der Waals surface area (Å²) < 4.78 is 5.89. The standard InChI is InChI=1S/C26H29NO/c1-4-25(21-11-7-5-8-12-21)26(22-13-9-6-10-14-22)23-15-17-24(18-16-23)28-20-19-27(2)3/h5-18H,4,19-20H2,1-3H3/p+1. The van der Waals surface area contributed by atoms with Gasteiger partial charge in [-0.3, -0.25) is 0 Å². The highest BCUT2D eigenvalue weighted by atomic mass is 16.5. The topological polar surface area (TPSA) is 13.7 Å². The zero-order valence-corrected chi connectivity index (χ0v) is 17.1. The minimum atomic E-state index is 0.729. The molecule has 0 saturated carbocycles. The molecule has 0 aromatic heterocycles. The molecule has 3 aromatic rings. The monoisotopic (exact) mass is 372 g/mol. The van der Waals surface area contributed by atoms with Crippen LogP contribution >= 0.6 is 0 Å². The number of hydrogen-bond acceptors (Lipinski definition) is 1. The SMILES string of the molecule is CCC(=C(c1ccccc1)c1ccc(OCC[NH+](C)C)cc1)c1ccccc1. The molecule has 2 heteroatoms. The van der Waals surface area contributed by atoms with Crippen molar-refractivity contribution in [1.82, 2.24) is 0 Å². The van der Waals surface area contributed by atoms with Gasteiger partial charge in [0.2, 0.25) is 0 Å². The van der Waals surface area contributed by atoms with Crippen molar-refractivity contribution in [3.05, 3.63) is 102 Å². The van der Waals surface area contributed by atoms with E-state index in [4.69, 9.17) is 4.74 Å². The van der Waals surface area contributed by atoms with E-state index >= 15 is 0 Å². The number of hydrogen-bond donors (Lipinski definition) is 1. The van der Waals surface area contributed by atoms with Crippen LogP contribution in [0.5, 0.6) is 5.75 Å². The first-order valence-electron chi connectivity index (χ1n) is 10.0. The summed E-state index contributed by atoms with van der Waals surface area (Å²) >= 11 is 0. The van der Waals surface area contributed by atoms with Crippen LogP contribution in [0.4, 0.5) is 0 Å². The Morgan fingerprint density at radius 2 is 1.25 bits per heavy atom. The van der Waals surface area contributed by atoms with Gasteiger partial charge in [0.25, 0.3) is 0 Å². The van der Waals surface area contributed by atoms with E-state index in [0.717, 1.165) is 25.3 Å². The van der Waals surface area contributed by atoms with E-state index in [1.807, 2.05) is 0 Å². The molecule has 0 aliphatic heterocycles. The van der Waals surface area contributed by atoms with Crippen molar-refractivity contribution in [2.75, 3.05) is 27.2 Å². The van der Waals surface area contributed by atoms with Crippen molar-refractivity contribution in [3.63, 3.8) is 0 Å². The number of rotatable bonds is 8. The van der Waals surface area contributed by atoms with E-state index in [1.165, 1.54) is 32.7 Å². The van der Waals surface area contributed by atoms with Crippen LogP contribution in [0.15, 0.2) is 84.9 Å². The van der Waals surface area contributed by atoms with Gasteiger partial charge in [0.1, 0.15) is 18.9 Å². The molecule has 0 fully saturated rings. The summed E-state index contributed by atoms with van der Waals surface area (Å²) in [6.07, 6.45) is 0.970. The van der Waals surface area contributed by atoms with Gasteiger partial charge in [0, 0.05) is 0 Å². The molecule has 2 nitrogen and oxygen atoms in total. The molecule has 0 bridgehead atoms. The van der Waals surface area contributed by atoms with Gasteiger partial charge in [-0.25, -0.2) is 0 Å². The first kappa shape index (κ1) is 19.9. The highest BCUT2D eigenvalue weighted by molar-refractivity contribution is 5.98. The van der Waals surface area contributed by atoms with Gasteiger partial charge in [-0.1, -0.05) is 79.7 Å². The average Bonchev–Trinajstić information content (AvgIpc) is 2.73. The fourth-order valence-corrected chi connectivity index (χ4v) is 3.38. The maximum atomic E-state index is 5.89.